The lowest BCUT2D eigenvalue weighted by Crippen LogP contribution is -2.38. The van der Waals surface area contributed by atoms with Crippen molar-refractivity contribution in [3.63, 3.8) is 0 Å². The number of rotatable bonds is 6. The molecule has 23 heavy (non-hydrogen) atoms. The Morgan fingerprint density at radius 2 is 1.96 bits per heavy atom. The van der Waals surface area contributed by atoms with E-state index >= 15 is 0 Å². The Balaban J connectivity index is 2.14. The van der Waals surface area contributed by atoms with Gasteiger partial charge in [0, 0.05) is 6.42 Å². The first-order valence-electron chi connectivity index (χ1n) is 8.38. The number of benzene rings is 1. The predicted molar refractivity (Wildman–Crippen MR) is 90.9 cm³/mol. The van der Waals surface area contributed by atoms with Gasteiger partial charge in [0.1, 0.15) is 0 Å². The van der Waals surface area contributed by atoms with Gasteiger partial charge in [-0.2, -0.15) is 0 Å². The van der Waals surface area contributed by atoms with Crippen LogP contribution in [0.25, 0.3) is 0 Å². The highest BCUT2D eigenvalue weighted by atomic mass is 16.5. The van der Waals surface area contributed by atoms with Crippen molar-refractivity contribution < 1.29 is 14.3 Å². The van der Waals surface area contributed by atoms with Gasteiger partial charge in [-0.1, -0.05) is 26.8 Å². The van der Waals surface area contributed by atoms with Crippen molar-refractivity contribution in [2.45, 2.75) is 33.2 Å². The number of likely N-dealkylation sites (N-methyl/N-ethyl adjacent to an activating group) is 1. The van der Waals surface area contributed by atoms with E-state index in [0.29, 0.717) is 19.8 Å². The summed E-state index contributed by atoms with van der Waals surface area (Å²) in [4.78, 5) is 14.2. The van der Waals surface area contributed by atoms with E-state index in [-0.39, 0.29) is 17.9 Å². The molecule has 1 aromatic rings. The van der Waals surface area contributed by atoms with Crippen LogP contribution in [0.3, 0.4) is 0 Å². The molecule has 0 bridgehead atoms. The third-order valence-corrected chi connectivity index (χ3v) is 4.07. The van der Waals surface area contributed by atoms with Crippen molar-refractivity contribution in [3.8, 4) is 11.5 Å². The van der Waals surface area contributed by atoms with Crippen LogP contribution < -0.4 is 14.8 Å². The first-order chi connectivity index (χ1) is 11.0. The smallest absolute Gasteiger partial charge is 0.234 e. The van der Waals surface area contributed by atoms with Gasteiger partial charge in [0.2, 0.25) is 5.91 Å². The number of carbonyl (C=O) groups excluding carboxylic acids is 1. The number of hydrogen-bond donors (Lipinski definition) is 1. The molecule has 0 saturated heterocycles. The summed E-state index contributed by atoms with van der Waals surface area (Å²) in [7, 11) is 1.94. The van der Waals surface area contributed by atoms with Gasteiger partial charge in [-0.15, -0.1) is 0 Å². The standard InChI is InChI=1S/C18H28N2O3/c1-5-20(4)12-17(21)19-18(13(2)3)14-7-8-15-16(11-14)23-10-6-9-22-15/h7-8,11,13,18H,5-6,9-10,12H2,1-4H3,(H,19,21). The zero-order valence-electron chi connectivity index (χ0n) is 14.6. The summed E-state index contributed by atoms with van der Waals surface area (Å²) in [5, 5.41) is 3.14. The summed E-state index contributed by atoms with van der Waals surface area (Å²) in [6.07, 6.45) is 0.887. The number of fused-ring (bicyclic) bond motifs is 1. The van der Waals surface area contributed by atoms with Crippen LogP contribution in [0, 0.1) is 5.92 Å². The molecule has 1 aliphatic heterocycles. The molecule has 1 unspecified atom stereocenters. The van der Waals surface area contributed by atoms with Gasteiger partial charge in [0.05, 0.1) is 25.8 Å². The van der Waals surface area contributed by atoms with E-state index in [1.807, 2.05) is 37.1 Å². The molecule has 1 aliphatic rings. The second-order valence-electron chi connectivity index (χ2n) is 6.38. The molecule has 0 aliphatic carbocycles. The van der Waals surface area contributed by atoms with Gasteiger partial charge in [-0.3, -0.25) is 9.69 Å². The summed E-state index contributed by atoms with van der Waals surface area (Å²) in [6.45, 7) is 8.86. The molecule has 0 saturated carbocycles. The van der Waals surface area contributed by atoms with Crippen molar-refractivity contribution >= 4 is 5.91 Å². The SMILES string of the molecule is CCN(C)CC(=O)NC(c1ccc2c(c1)OCCCO2)C(C)C. The molecule has 0 fully saturated rings. The van der Waals surface area contributed by atoms with E-state index in [0.717, 1.165) is 30.0 Å². The maximum atomic E-state index is 12.2. The highest BCUT2D eigenvalue weighted by Gasteiger charge is 2.21. The lowest BCUT2D eigenvalue weighted by Gasteiger charge is -2.25. The van der Waals surface area contributed by atoms with E-state index in [1.54, 1.807) is 0 Å². The van der Waals surface area contributed by atoms with Crippen molar-refractivity contribution in [1.82, 2.24) is 10.2 Å². The number of nitrogens with zero attached hydrogens (tertiary/aromatic N) is 1. The normalized spacial score (nSPS) is 15.4. The van der Waals surface area contributed by atoms with Crippen molar-refractivity contribution in [1.29, 1.82) is 0 Å². The Morgan fingerprint density at radius 1 is 1.26 bits per heavy atom. The van der Waals surface area contributed by atoms with Gasteiger partial charge < -0.3 is 14.8 Å². The molecular formula is C18H28N2O3. The monoisotopic (exact) mass is 320 g/mol. The molecule has 1 N–H and O–H groups in total. The molecule has 5 nitrogen and oxygen atoms in total. The molecular weight excluding hydrogens is 292 g/mol. The highest BCUT2D eigenvalue weighted by Crippen LogP contribution is 2.34. The van der Waals surface area contributed by atoms with E-state index in [9.17, 15) is 4.79 Å². The second kappa shape index (κ2) is 8.20. The molecule has 2 rings (SSSR count). The van der Waals surface area contributed by atoms with Crippen LogP contribution in [-0.2, 0) is 4.79 Å². The van der Waals surface area contributed by atoms with Gasteiger partial charge >= 0.3 is 0 Å². The number of ether oxygens (including phenoxy) is 2. The van der Waals surface area contributed by atoms with Crippen molar-refractivity contribution in [2.24, 2.45) is 5.92 Å². The Hall–Kier alpha value is -1.75. The minimum Gasteiger partial charge on any atom is -0.490 e. The molecule has 1 heterocycles. The maximum Gasteiger partial charge on any atom is 0.234 e. The summed E-state index contributed by atoms with van der Waals surface area (Å²) >= 11 is 0. The Morgan fingerprint density at radius 3 is 2.61 bits per heavy atom. The molecule has 0 aromatic heterocycles. The van der Waals surface area contributed by atoms with E-state index in [1.165, 1.54) is 0 Å². The van der Waals surface area contributed by atoms with E-state index < -0.39 is 0 Å². The topological polar surface area (TPSA) is 50.8 Å². The average molecular weight is 320 g/mol. The van der Waals surface area contributed by atoms with Crippen LogP contribution in [-0.4, -0.2) is 44.2 Å². The van der Waals surface area contributed by atoms with Gasteiger partial charge in [0.25, 0.3) is 0 Å². The minimum absolute atomic E-state index is 0.0371. The highest BCUT2D eigenvalue weighted by molar-refractivity contribution is 5.78. The van der Waals surface area contributed by atoms with Gasteiger partial charge in [-0.25, -0.2) is 0 Å². The molecule has 1 amide bonds. The van der Waals surface area contributed by atoms with Crippen molar-refractivity contribution in [2.75, 3.05) is 33.4 Å². The van der Waals surface area contributed by atoms with Gasteiger partial charge in [0.15, 0.2) is 11.5 Å². The quantitative estimate of drug-likeness (QED) is 0.875. The summed E-state index contributed by atoms with van der Waals surface area (Å²) in [5.74, 6) is 1.88. The van der Waals surface area contributed by atoms with Crippen LogP contribution in [0.5, 0.6) is 11.5 Å². The molecule has 0 radical (unpaired) electrons. The summed E-state index contributed by atoms with van der Waals surface area (Å²) < 4.78 is 11.4. The van der Waals surface area contributed by atoms with Crippen LogP contribution >= 0.6 is 0 Å². The number of carbonyl (C=O) groups is 1. The first kappa shape index (κ1) is 17.6. The zero-order chi connectivity index (χ0) is 16.8. The van der Waals surface area contributed by atoms with E-state index in [4.69, 9.17) is 9.47 Å². The lowest BCUT2D eigenvalue weighted by atomic mass is 9.95. The Labute approximate surface area is 139 Å². The second-order valence-corrected chi connectivity index (χ2v) is 6.38. The van der Waals surface area contributed by atoms with Crippen molar-refractivity contribution in [3.05, 3.63) is 23.8 Å². The molecule has 128 valence electrons. The third-order valence-electron chi connectivity index (χ3n) is 4.07. The van der Waals surface area contributed by atoms with Crippen LogP contribution in [0.4, 0.5) is 0 Å². The Kier molecular flexibility index (Phi) is 6.28. The first-order valence-corrected chi connectivity index (χ1v) is 8.38. The largest absolute Gasteiger partial charge is 0.490 e. The molecule has 5 heteroatoms. The molecule has 1 aromatic carbocycles. The molecule has 1 atom stereocenters. The summed E-state index contributed by atoms with van der Waals surface area (Å²) in [6, 6.07) is 5.91. The van der Waals surface area contributed by atoms with E-state index in [2.05, 4.69) is 19.2 Å². The zero-order valence-corrected chi connectivity index (χ0v) is 14.6. The number of nitrogens with one attached hydrogen (secondary N) is 1. The Bertz CT molecular complexity index is 531. The lowest BCUT2D eigenvalue weighted by molar-refractivity contribution is -0.123. The number of hydrogen-bond acceptors (Lipinski definition) is 4. The fourth-order valence-electron chi connectivity index (χ4n) is 2.58. The number of amides is 1. The minimum atomic E-state index is -0.0371. The fourth-order valence-corrected chi connectivity index (χ4v) is 2.58. The third kappa shape index (κ3) is 4.86. The van der Waals surface area contributed by atoms with Gasteiger partial charge in [-0.05, 0) is 37.2 Å². The fraction of sp³-hybridized carbons (Fsp3) is 0.611. The van der Waals surface area contributed by atoms with Crippen LogP contribution in [0.2, 0.25) is 0 Å². The van der Waals surface area contributed by atoms with Crippen LogP contribution in [0.15, 0.2) is 18.2 Å². The molecule has 0 spiro atoms. The summed E-state index contributed by atoms with van der Waals surface area (Å²) in [5.41, 5.74) is 1.05. The van der Waals surface area contributed by atoms with Crippen LogP contribution in [0.1, 0.15) is 38.8 Å². The predicted octanol–water partition coefficient (Wildman–Crippen LogP) is 2.61. The average Bonchev–Trinajstić information content (AvgIpc) is 2.76. The maximum absolute atomic E-state index is 12.2.